The van der Waals surface area contributed by atoms with Gasteiger partial charge in [-0.2, -0.15) is 0 Å². The molecule has 0 aromatic heterocycles. The topological polar surface area (TPSA) is 21.3 Å². The number of ether oxygens (including phenoxy) is 1. The summed E-state index contributed by atoms with van der Waals surface area (Å²) in [6, 6.07) is 9.60. The SMILES string of the molecule is CCOc1cc(F)ccc1NC(C)c1cc(Cl)ccc1Cl. The first-order valence-electron chi connectivity index (χ1n) is 6.65. The van der Waals surface area contributed by atoms with E-state index in [0.717, 1.165) is 5.56 Å². The van der Waals surface area contributed by atoms with Gasteiger partial charge in [0.2, 0.25) is 0 Å². The van der Waals surface area contributed by atoms with E-state index in [9.17, 15) is 4.39 Å². The van der Waals surface area contributed by atoms with E-state index in [4.69, 9.17) is 27.9 Å². The Kier molecular flexibility index (Phi) is 5.32. The maximum atomic E-state index is 13.3. The van der Waals surface area contributed by atoms with Crippen LogP contribution in [0.15, 0.2) is 36.4 Å². The van der Waals surface area contributed by atoms with Gasteiger partial charge in [-0.25, -0.2) is 4.39 Å². The zero-order chi connectivity index (χ0) is 15.4. The number of hydrogen-bond donors (Lipinski definition) is 1. The van der Waals surface area contributed by atoms with Crippen LogP contribution >= 0.6 is 23.2 Å². The molecule has 2 rings (SSSR count). The highest BCUT2D eigenvalue weighted by atomic mass is 35.5. The van der Waals surface area contributed by atoms with Crippen LogP contribution in [-0.2, 0) is 0 Å². The van der Waals surface area contributed by atoms with Crippen LogP contribution in [0.1, 0.15) is 25.5 Å². The minimum absolute atomic E-state index is 0.0964. The fraction of sp³-hybridized carbons (Fsp3) is 0.250. The zero-order valence-corrected chi connectivity index (χ0v) is 13.3. The summed E-state index contributed by atoms with van der Waals surface area (Å²) >= 11 is 12.2. The van der Waals surface area contributed by atoms with E-state index >= 15 is 0 Å². The third-order valence-corrected chi connectivity index (χ3v) is 3.62. The minimum atomic E-state index is -0.336. The molecule has 0 aliphatic carbocycles. The van der Waals surface area contributed by atoms with Crippen molar-refractivity contribution in [2.24, 2.45) is 0 Å². The number of benzene rings is 2. The van der Waals surface area contributed by atoms with Crippen LogP contribution in [0.4, 0.5) is 10.1 Å². The molecule has 5 heteroatoms. The molecule has 0 radical (unpaired) electrons. The Hall–Kier alpha value is -1.45. The smallest absolute Gasteiger partial charge is 0.145 e. The van der Waals surface area contributed by atoms with Crippen molar-refractivity contribution >= 4 is 28.9 Å². The summed E-state index contributed by atoms with van der Waals surface area (Å²) in [5, 5.41) is 4.51. The van der Waals surface area contributed by atoms with E-state index in [0.29, 0.717) is 28.1 Å². The molecule has 1 N–H and O–H groups in total. The van der Waals surface area contributed by atoms with Crippen molar-refractivity contribution < 1.29 is 9.13 Å². The van der Waals surface area contributed by atoms with Crippen LogP contribution < -0.4 is 10.1 Å². The van der Waals surface area contributed by atoms with Crippen molar-refractivity contribution in [1.29, 1.82) is 0 Å². The lowest BCUT2D eigenvalue weighted by Gasteiger charge is -2.19. The highest BCUT2D eigenvalue weighted by molar-refractivity contribution is 6.33. The van der Waals surface area contributed by atoms with Gasteiger partial charge in [-0.3, -0.25) is 0 Å². The summed E-state index contributed by atoms with van der Waals surface area (Å²) in [5.74, 6) is 0.139. The molecule has 2 aromatic carbocycles. The first kappa shape index (κ1) is 15.9. The van der Waals surface area contributed by atoms with Gasteiger partial charge >= 0.3 is 0 Å². The number of halogens is 3. The van der Waals surface area contributed by atoms with E-state index < -0.39 is 0 Å². The zero-order valence-electron chi connectivity index (χ0n) is 11.8. The average molecular weight is 328 g/mol. The Morgan fingerprint density at radius 1 is 1.19 bits per heavy atom. The number of rotatable bonds is 5. The Morgan fingerprint density at radius 2 is 1.95 bits per heavy atom. The lowest BCUT2D eigenvalue weighted by molar-refractivity contribution is 0.339. The van der Waals surface area contributed by atoms with E-state index in [1.54, 1.807) is 18.2 Å². The molecule has 0 spiro atoms. The molecular formula is C16H16Cl2FNO. The molecular weight excluding hydrogens is 312 g/mol. The summed E-state index contributed by atoms with van der Waals surface area (Å²) in [7, 11) is 0. The molecule has 0 aliphatic rings. The Labute approximate surface area is 133 Å². The van der Waals surface area contributed by atoms with Gasteiger partial charge in [0.05, 0.1) is 18.3 Å². The fourth-order valence-corrected chi connectivity index (χ4v) is 2.51. The molecule has 2 nitrogen and oxygen atoms in total. The van der Waals surface area contributed by atoms with Crippen LogP contribution in [0, 0.1) is 5.82 Å². The Morgan fingerprint density at radius 3 is 2.67 bits per heavy atom. The van der Waals surface area contributed by atoms with Gasteiger partial charge in [0.15, 0.2) is 0 Å². The van der Waals surface area contributed by atoms with E-state index in [-0.39, 0.29) is 11.9 Å². The normalized spacial score (nSPS) is 12.0. The molecule has 0 amide bonds. The minimum Gasteiger partial charge on any atom is -0.492 e. The van der Waals surface area contributed by atoms with E-state index in [2.05, 4.69) is 5.32 Å². The molecule has 0 saturated carbocycles. The molecule has 0 fully saturated rings. The van der Waals surface area contributed by atoms with Crippen LogP contribution in [0.2, 0.25) is 10.0 Å². The van der Waals surface area contributed by atoms with Gasteiger partial charge in [0.1, 0.15) is 11.6 Å². The quantitative estimate of drug-likeness (QED) is 0.760. The monoisotopic (exact) mass is 327 g/mol. The van der Waals surface area contributed by atoms with Crippen molar-refractivity contribution in [3.63, 3.8) is 0 Å². The highest BCUT2D eigenvalue weighted by Crippen LogP contribution is 2.32. The third kappa shape index (κ3) is 4.02. The molecule has 0 aliphatic heterocycles. The Balaban J connectivity index is 2.26. The lowest BCUT2D eigenvalue weighted by Crippen LogP contribution is -2.09. The van der Waals surface area contributed by atoms with Gasteiger partial charge in [0.25, 0.3) is 0 Å². The van der Waals surface area contributed by atoms with Gasteiger partial charge in [0, 0.05) is 16.1 Å². The maximum Gasteiger partial charge on any atom is 0.145 e. The largest absolute Gasteiger partial charge is 0.492 e. The fourth-order valence-electron chi connectivity index (χ4n) is 2.05. The molecule has 2 aromatic rings. The molecule has 0 heterocycles. The first-order chi connectivity index (χ1) is 10.0. The van der Waals surface area contributed by atoms with Crippen molar-refractivity contribution in [3.05, 3.63) is 57.8 Å². The second-order valence-corrected chi connectivity index (χ2v) is 5.45. The highest BCUT2D eigenvalue weighted by Gasteiger charge is 2.13. The molecule has 112 valence electrons. The maximum absolute atomic E-state index is 13.3. The van der Waals surface area contributed by atoms with Crippen LogP contribution in [-0.4, -0.2) is 6.61 Å². The number of nitrogens with one attached hydrogen (secondary N) is 1. The molecule has 1 unspecified atom stereocenters. The van der Waals surface area contributed by atoms with Crippen LogP contribution in [0.25, 0.3) is 0 Å². The summed E-state index contributed by atoms with van der Waals surface area (Å²) in [5.41, 5.74) is 1.58. The summed E-state index contributed by atoms with van der Waals surface area (Å²) in [6.45, 7) is 4.27. The Bertz CT molecular complexity index is 634. The summed E-state index contributed by atoms with van der Waals surface area (Å²) < 4.78 is 18.7. The van der Waals surface area contributed by atoms with Crippen LogP contribution in [0.5, 0.6) is 5.75 Å². The number of hydrogen-bond acceptors (Lipinski definition) is 2. The van der Waals surface area contributed by atoms with Crippen molar-refractivity contribution in [3.8, 4) is 5.75 Å². The van der Waals surface area contributed by atoms with E-state index in [1.165, 1.54) is 12.1 Å². The van der Waals surface area contributed by atoms with Gasteiger partial charge in [-0.1, -0.05) is 23.2 Å². The van der Waals surface area contributed by atoms with Gasteiger partial charge in [-0.15, -0.1) is 0 Å². The predicted octanol–water partition coefficient (Wildman–Crippen LogP) is 5.70. The third-order valence-electron chi connectivity index (χ3n) is 3.04. The van der Waals surface area contributed by atoms with E-state index in [1.807, 2.05) is 19.9 Å². The van der Waals surface area contributed by atoms with Gasteiger partial charge in [-0.05, 0) is 49.7 Å². The first-order valence-corrected chi connectivity index (χ1v) is 7.40. The predicted molar refractivity (Wildman–Crippen MR) is 86.1 cm³/mol. The molecule has 0 bridgehead atoms. The van der Waals surface area contributed by atoms with Crippen molar-refractivity contribution in [2.45, 2.75) is 19.9 Å². The molecule has 0 saturated heterocycles. The second kappa shape index (κ2) is 7.01. The van der Waals surface area contributed by atoms with Crippen molar-refractivity contribution in [2.75, 3.05) is 11.9 Å². The second-order valence-electron chi connectivity index (χ2n) is 4.61. The molecule has 1 atom stereocenters. The standard InChI is InChI=1S/C16H16Cl2FNO/c1-3-21-16-9-12(19)5-7-15(16)20-10(2)13-8-11(17)4-6-14(13)18/h4-10,20H,3H2,1-2H3. The lowest BCUT2D eigenvalue weighted by atomic mass is 10.1. The van der Waals surface area contributed by atoms with Crippen LogP contribution in [0.3, 0.4) is 0 Å². The summed E-state index contributed by atoms with van der Waals surface area (Å²) in [6.07, 6.45) is 0. The number of anilines is 1. The van der Waals surface area contributed by atoms with Crippen molar-refractivity contribution in [1.82, 2.24) is 0 Å². The molecule has 21 heavy (non-hydrogen) atoms. The van der Waals surface area contributed by atoms with Gasteiger partial charge < -0.3 is 10.1 Å². The average Bonchev–Trinajstić information content (AvgIpc) is 2.44. The summed E-state index contributed by atoms with van der Waals surface area (Å²) in [4.78, 5) is 0.